The highest BCUT2D eigenvalue weighted by Crippen LogP contribution is 2.36. The molecule has 5 nitrogen and oxygen atoms in total. The number of rotatable bonds is 7. The van der Waals surface area contributed by atoms with E-state index in [-0.39, 0.29) is 18.5 Å². The van der Waals surface area contributed by atoms with Gasteiger partial charge in [0.1, 0.15) is 12.4 Å². The number of amides is 1. The Hall–Kier alpha value is -2.71. The Balaban J connectivity index is 1.52. The van der Waals surface area contributed by atoms with Gasteiger partial charge in [-0.1, -0.05) is 48.9 Å². The Morgan fingerprint density at radius 3 is 2.60 bits per heavy atom. The second-order valence-electron chi connectivity index (χ2n) is 9.45. The molecule has 1 amide bonds. The summed E-state index contributed by atoms with van der Waals surface area (Å²) in [6.07, 6.45) is -2.72. The summed E-state index contributed by atoms with van der Waals surface area (Å²) in [6.45, 7) is 6.53. The van der Waals surface area contributed by atoms with Crippen LogP contribution in [0.25, 0.3) is 0 Å². The minimum atomic E-state index is -4.40. The first kappa shape index (κ1) is 25.4. The van der Waals surface area contributed by atoms with E-state index in [4.69, 9.17) is 4.74 Å². The van der Waals surface area contributed by atoms with Gasteiger partial charge in [-0.2, -0.15) is 13.2 Å². The van der Waals surface area contributed by atoms with Gasteiger partial charge in [0.05, 0.1) is 29.9 Å². The number of alkyl halides is 3. The van der Waals surface area contributed by atoms with Crippen LogP contribution in [0.2, 0.25) is 0 Å². The third-order valence-electron chi connectivity index (χ3n) is 7.01. The lowest BCUT2D eigenvalue weighted by Gasteiger charge is -2.44. The SMILES string of the molecule is CCC1=NCC(=O)N1C1CC[C@@](CO[C@H](C)c2cc(C)cc(C(F)(F)F)c2)(c2ccccc2)NC1. The van der Waals surface area contributed by atoms with Gasteiger partial charge in [0.2, 0.25) is 5.91 Å². The van der Waals surface area contributed by atoms with Crippen LogP contribution in [0, 0.1) is 6.92 Å². The zero-order valence-corrected chi connectivity index (χ0v) is 20.4. The fourth-order valence-corrected chi connectivity index (χ4v) is 5.07. The highest BCUT2D eigenvalue weighted by Gasteiger charge is 2.41. The maximum Gasteiger partial charge on any atom is 0.416 e. The van der Waals surface area contributed by atoms with Crippen molar-refractivity contribution in [3.05, 3.63) is 70.8 Å². The van der Waals surface area contributed by atoms with Gasteiger partial charge in [-0.05, 0) is 49.9 Å². The molecular formula is C27H32F3N3O2. The minimum absolute atomic E-state index is 0.0177. The van der Waals surface area contributed by atoms with Crippen molar-refractivity contribution in [2.75, 3.05) is 19.7 Å². The highest BCUT2D eigenvalue weighted by molar-refractivity contribution is 6.04. The normalized spacial score (nSPS) is 23.9. The topological polar surface area (TPSA) is 53.9 Å². The number of carbonyl (C=O) groups is 1. The van der Waals surface area contributed by atoms with Crippen molar-refractivity contribution < 1.29 is 22.7 Å². The van der Waals surface area contributed by atoms with Crippen molar-refractivity contribution in [1.82, 2.24) is 10.2 Å². The number of nitrogens with one attached hydrogen (secondary N) is 1. The number of aryl methyl sites for hydroxylation is 1. The number of halogens is 3. The summed E-state index contributed by atoms with van der Waals surface area (Å²) in [5.74, 6) is 0.865. The van der Waals surface area contributed by atoms with Crippen LogP contribution in [0.1, 0.15) is 61.5 Å². The number of hydrogen-bond acceptors (Lipinski definition) is 4. The summed E-state index contributed by atoms with van der Waals surface area (Å²) in [5.41, 5.74) is 0.937. The largest absolute Gasteiger partial charge is 0.416 e. The van der Waals surface area contributed by atoms with Gasteiger partial charge in [-0.15, -0.1) is 0 Å². The van der Waals surface area contributed by atoms with E-state index in [2.05, 4.69) is 10.3 Å². The number of piperidine rings is 1. The number of hydrogen-bond donors (Lipinski definition) is 1. The van der Waals surface area contributed by atoms with E-state index in [1.54, 1.807) is 19.9 Å². The van der Waals surface area contributed by atoms with Crippen molar-refractivity contribution in [2.24, 2.45) is 4.99 Å². The van der Waals surface area contributed by atoms with Crippen LogP contribution in [0.15, 0.2) is 53.5 Å². The average Bonchev–Trinajstić information content (AvgIpc) is 3.23. The maximum atomic E-state index is 13.3. The van der Waals surface area contributed by atoms with Gasteiger partial charge >= 0.3 is 6.18 Å². The second-order valence-corrected chi connectivity index (χ2v) is 9.45. The number of carbonyl (C=O) groups excluding carboxylic acids is 1. The van der Waals surface area contributed by atoms with Gasteiger partial charge in [0.25, 0.3) is 0 Å². The van der Waals surface area contributed by atoms with Gasteiger partial charge in [-0.3, -0.25) is 14.7 Å². The number of nitrogens with zero attached hydrogens (tertiary/aromatic N) is 2. The number of amidine groups is 1. The molecule has 2 aliphatic heterocycles. The monoisotopic (exact) mass is 487 g/mol. The number of ether oxygens (including phenoxy) is 1. The van der Waals surface area contributed by atoms with Crippen molar-refractivity contribution in [2.45, 2.75) is 63.9 Å². The lowest BCUT2D eigenvalue weighted by Crippen LogP contribution is -2.58. The molecule has 0 spiro atoms. The molecule has 1 fully saturated rings. The molecule has 2 aliphatic rings. The lowest BCUT2D eigenvalue weighted by atomic mass is 9.81. The molecule has 2 aromatic carbocycles. The van der Waals surface area contributed by atoms with Gasteiger partial charge in [-0.25, -0.2) is 0 Å². The Bertz CT molecular complexity index is 1080. The number of benzene rings is 2. The van der Waals surface area contributed by atoms with Crippen LogP contribution >= 0.6 is 0 Å². The summed E-state index contributed by atoms with van der Waals surface area (Å²) >= 11 is 0. The smallest absolute Gasteiger partial charge is 0.372 e. The van der Waals surface area contributed by atoms with Crippen LogP contribution in [-0.4, -0.2) is 42.4 Å². The van der Waals surface area contributed by atoms with Gasteiger partial charge in [0.15, 0.2) is 0 Å². The molecular weight excluding hydrogens is 455 g/mol. The first-order valence-electron chi connectivity index (χ1n) is 12.1. The Labute approximate surface area is 204 Å². The minimum Gasteiger partial charge on any atom is -0.372 e. The van der Waals surface area contributed by atoms with Crippen molar-refractivity contribution >= 4 is 11.7 Å². The number of aliphatic imine (C=N–C) groups is 1. The van der Waals surface area contributed by atoms with Gasteiger partial charge in [0, 0.05) is 13.0 Å². The molecule has 0 saturated carbocycles. The molecule has 1 N–H and O–H groups in total. The third-order valence-corrected chi connectivity index (χ3v) is 7.01. The van der Waals surface area contributed by atoms with Crippen LogP contribution in [0.5, 0.6) is 0 Å². The molecule has 35 heavy (non-hydrogen) atoms. The lowest BCUT2D eigenvalue weighted by molar-refractivity contribution is -0.137. The first-order chi connectivity index (χ1) is 16.6. The summed E-state index contributed by atoms with van der Waals surface area (Å²) in [7, 11) is 0. The molecule has 1 saturated heterocycles. The molecule has 2 aromatic rings. The molecule has 188 valence electrons. The average molecular weight is 488 g/mol. The molecule has 1 unspecified atom stereocenters. The van der Waals surface area contributed by atoms with Crippen LogP contribution in [-0.2, 0) is 21.2 Å². The van der Waals surface area contributed by atoms with E-state index in [0.29, 0.717) is 30.7 Å². The Kier molecular flexibility index (Phi) is 7.33. The predicted octanol–water partition coefficient (Wildman–Crippen LogP) is 5.39. The summed E-state index contributed by atoms with van der Waals surface area (Å²) in [5, 5.41) is 3.64. The van der Waals surface area contributed by atoms with E-state index in [1.807, 2.05) is 42.2 Å². The van der Waals surface area contributed by atoms with Crippen molar-refractivity contribution in [1.29, 1.82) is 0 Å². The predicted molar refractivity (Wildman–Crippen MR) is 129 cm³/mol. The molecule has 8 heteroatoms. The van der Waals surface area contributed by atoms with Crippen LogP contribution in [0.4, 0.5) is 13.2 Å². The zero-order chi connectivity index (χ0) is 25.2. The van der Waals surface area contributed by atoms with Gasteiger partial charge < -0.3 is 10.1 Å². The molecule has 0 radical (unpaired) electrons. The quantitative estimate of drug-likeness (QED) is 0.570. The fourth-order valence-electron chi connectivity index (χ4n) is 5.07. The molecule has 4 rings (SSSR count). The first-order valence-corrected chi connectivity index (χ1v) is 12.1. The molecule has 0 aromatic heterocycles. The van der Waals surface area contributed by atoms with Crippen LogP contribution < -0.4 is 5.32 Å². The second kappa shape index (κ2) is 10.1. The summed E-state index contributed by atoms with van der Waals surface area (Å²) in [4.78, 5) is 18.7. The maximum absolute atomic E-state index is 13.3. The van der Waals surface area contributed by atoms with E-state index < -0.39 is 23.4 Å². The van der Waals surface area contributed by atoms with E-state index in [9.17, 15) is 18.0 Å². The van der Waals surface area contributed by atoms with E-state index >= 15 is 0 Å². The highest BCUT2D eigenvalue weighted by atomic mass is 19.4. The summed E-state index contributed by atoms with van der Waals surface area (Å²) in [6, 6.07) is 14.0. The Morgan fingerprint density at radius 2 is 1.97 bits per heavy atom. The Morgan fingerprint density at radius 1 is 1.23 bits per heavy atom. The summed E-state index contributed by atoms with van der Waals surface area (Å²) < 4.78 is 46.2. The van der Waals surface area contributed by atoms with Crippen molar-refractivity contribution in [3.8, 4) is 0 Å². The van der Waals surface area contributed by atoms with Crippen molar-refractivity contribution in [3.63, 3.8) is 0 Å². The molecule has 0 aliphatic carbocycles. The van der Waals surface area contributed by atoms with E-state index in [0.717, 1.165) is 30.3 Å². The third kappa shape index (κ3) is 5.43. The zero-order valence-electron chi connectivity index (χ0n) is 20.4. The van der Waals surface area contributed by atoms with Crippen LogP contribution in [0.3, 0.4) is 0 Å². The standard InChI is InChI=1S/C27H32F3N3O2/c1-4-24-31-16-25(34)33(24)23-10-11-26(32-15-23,21-8-6-5-7-9-21)17-35-19(3)20-12-18(2)13-22(14-20)27(28,29)30/h5-9,12-14,19,23,32H,4,10-11,15-17H2,1-3H3/t19-,23?,26-/m1/s1. The molecule has 0 bridgehead atoms. The van der Waals surface area contributed by atoms with E-state index in [1.165, 1.54) is 6.07 Å². The fraction of sp³-hybridized carbons (Fsp3) is 0.481. The molecule has 2 heterocycles. The molecule has 3 atom stereocenters.